The van der Waals surface area contributed by atoms with Crippen molar-refractivity contribution in [2.24, 2.45) is 46.3 Å². The van der Waals surface area contributed by atoms with Gasteiger partial charge in [0.25, 0.3) is 0 Å². The number of carbonyl (C=O) groups is 3. The molecule has 4 fully saturated rings. The summed E-state index contributed by atoms with van der Waals surface area (Å²) in [6.07, 6.45) is 8.23. The zero-order valence-electron chi connectivity index (χ0n) is 20.9. The molecule has 5 nitrogen and oxygen atoms in total. The second-order valence-electron chi connectivity index (χ2n) is 11.9. The van der Waals surface area contributed by atoms with E-state index in [9.17, 15) is 14.4 Å². The van der Waals surface area contributed by atoms with E-state index in [-0.39, 0.29) is 33.7 Å². The van der Waals surface area contributed by atoms with Crippen LogP contribution in [0.1, 0.15) is 85.5 Å². The first-order valence-corrected chi connectivity index (χ1v) is 13.9. The number of ether oxygens (including phenoxy) is 2. The molecule has 4 aliphatic carbocycles. The molecular weight excluding hydrogens is 484 g/mol. The molecule has 0 bridgehead atoms. The summed E-state index contributed by atoms with van der Waals surface area (Å²) in [6.45, 7) is 8.58. The highest BCUT2D eigenvalue weighted by atomic mass is 79.9. The number of halogens is 1. The summed E-state index contributed by atoms with van der Waals surface area (Å²) in [6, 6.07) is 0. The van der Waals surface area contributed by atoms with Crippen LogP contribution in [0.4, 0.5) is 0 Å². The number of fused-ring (bicyclic) bond motifs is 5. The third-order valence-electron chi connectivity index (χ3n) is 10.7. The number of esters is 2. The Morgan fingerprint density at radius 2 is 1.82 bits per heavy atom. The fourth-order valence-corrected chi connectivity index (χ4v) is 10.1. The standard InChI is InChI=1S/C27H41BrO5/c1-15(6-11-24(31)32-5)18-9-10-19-17-7-8-20-25(28)22(30)12-13-26(20,3)21(17)14-23(27(18,19)4)33-16(2)29/h15,17-21,23,25H,6-14H2,1-5H3/t15-,17+,18+,19-,20-,21-,23+,25+,26+,27-/m1/s1. The summed E-state index contributed by atoms with van der Waals surface area (Å²) in [7, 11) is 1.45. The lowest BCUT2D eigenvalue weighted by Crippen LogP contribution is -2.60. The van der Waals surface area contributed by atoms with E-state index in [1.165, 1.54) is 20.5 Å². The van der Waals surface area contributed by atoms with Crippen LogP contribution in [-0.4, -0.2) is 35.8 Å². The largest absolute Gasteiger partial charge is 0.469 e. The average molecular weight is 526 g/mol. The lowest BCUT2D eigenvalue weighted by Gasteiger charge is -2.62. The molecule has 10 atom stereocenters. The first-order chi connectivity index (χ1) is 15.5. The monoisotopic (exact) mass is 524 g/mol. The van der Waals surface area contributed by atoms with Crippen LogP contribution < -0.4 is 0 Å². The highest BCUT2D eigenvalue weighted by Crippen LogP contribution is 2.69. The van der Waals surface area contributed by atoms with Gasteiger partial charge in [-0.05, 0) is 85.9 Å². The maximum atomic E-state index is 12.5. The van der Waals surface area contributed by atoms with E-state index in [4.69, 9.17) is 9.47 Å². The maximum absolute atomic E-state index is 12.5. The highest BCUT2D eigenvalue weighted by Gasteiger charge is 2.65. The quantitative estimate of drug-likeness (QED) is 0.339. The van der Waals surface area contributed by atoms with Gasteiger partial charge >= 0.3 is 11.9 Å². The fourth-order valence-electron chi connectivity index (χ4n) is 9.01. The number of hydrogen-bond donors (Lipinski definition) is 0. The van der Waals surface area contributed by atoms with Gasteiger partial charge in [-0.15, -0.1) is 0 Å². The summed E-state index contributed by atoms with van der Waals surface area (Å²) >= 11 is 3.76. The Hall–Kier alpha value is -0.910. The first kappa shape index (κ1) is 25.2. The van der Waals surface area contributed by atoms with Gasteiger partial charge in [-0.25, -0.2) is 0 Å². The van der Waals surface area contributed by atoms with Crippen LogP contribution >= 0.6 is 15.9 Å². The second kappa shape index (κ2) is 9.28. The third kappa shape index (κ3) is 4.10. The molecule has 0 unspecified atom stereocenters. The molecule has 0 aromatic heterocycles. The van der Waals surface area contributed by atoms with Gasteiger partial charge in [-0.1, -0.05) is 36.7 Å². The summed E-state index contributed by atoms with van der Waals surface area (Å²) in [5.74, 6) is 2.82. The fraction of sp³-hybridized carbons (Fsp3) is 0.889. The molecule has 186 valence electrons. The summed E-state index contributed by atoms with van der Waals surface area (Å²) < 4.78 is 11.0. The lowest BCUT2D eigenvalue weighted by atomic mass is 9.43. The first-order valence-electron chi connectivity index (χ1n) is 12.9. The van der Waals surface area contributed by atoms with Crippen molar-refractivity contribution in [2.45, 2.75) is 96.4 Å². The average Bonchev–Trinajstić information content (AvgIpc) is 3.13. The van der Waals surface area contributed by atoms with Gasteiger partial charge in [-0.2, -0.15) is 0 Å². The molecule has 4 saturated carbocycles. The van der Waals surface area contributed by atoms with Crippen LogP contribution in [0.5, 0.6) is 0 Å². The van der Waals surface area contributed by atoms with Crippen molar-refractivity contribution >= 4 is 33.7 Å². The summed E-state index contributed by atoms with van der Waals surface area (Å²) in [5, 5.41) is 0. The zero-order valence-corrected chi connectivity index (χ0v) is 22.5. The molecule has 0 heterocycles. The van der Waals surface area contributed by atoms with Crippen LogP contribution in [0.2, 0.25) is 0 Å². The van der Waals surface area contributed by atoms with Crippen molar-refractivity contribution in [3.63, 3.8) is 0 Å². The van der Waals surface area contributed by atoms with Crippen molar-refractivity contribution in [3.05, 3.63) is 0 Å². The van der Waals surface area contributed by atoms with E-state index in [0.717, 1.165) is 38.5 Å². The summed E-state index contributed by atoms with van der Waals surface area (Å²) in [4.78, 5) is 36.5. The topological polar surface area (TPSA) is 69.7 Å². The molecule has 4 aliphatic rings. The minimum atomic E-state index is -0.194. The molecule has 0 spiro atoms. The molecule has 0 aromatic rings. The minimum Gasteiger partial charge on any atom is -0.469 e. The van der Waals surface area contributed by atoms with Crippen LogP contribution in [-0.2, 0) is 23.9 Å². The predicted molar refractivity (Wildman–Crippen MR) is 130 cm³/mol. The van der Waals surface area contributed by atoms with Crippen molar-refractivity contribution < 1.29 is 23.9 Å². The number of alkyl halides is 1. The van der Waals surface area contributed by atoms with Gasteiger partial charge < -0.3 is 9.47 Å². The minimum absolute atomic E-state index is 0.0349. The van der Waals surface area contributed by atoms with Gasteiger partial charge in [0.15, 0.2) is 0 Å². The van der Waals surface area contributed by atoms with Gasteiger partial charge in [-0.3, -0.25) is 14.4 Å². The third-order valence-corrected chi connectivity index (χ3v) is 11.8. The highest BCUT2D eigenvalue weighted by molar-refractivity contribution is 9.10. The Labute approximate surface area is 207 Å². The van der Waals surface area contributed by atoms with Gasteiger partial charge in [0.1, 0.15) is 11.9 Å². The molecule has 0 saturated heterocycles. The Balaban J connectivity index is 1.64. The van der Waals surface area contributed by atoms with Crippen LogP contribution in [0.15, 0.2) is 0 Å². The Kier molecular flexibility index (Phi) is 7.08. The van der Waals surface area contributed by atoms with Crippen LogP contribution in [0.25, 0.3) is 0 Å². The van der Waals surface area contributed by atoms with E-state index < -0.39 is 0 Å². The molecule has 0 aliphatic heterocycles. The second-order valence-corrected chi connectivity index (χ2v) is 12.9. The number of ketones is 1. The molecule has 6 heteroatoms. The molecule has 0 amide bonds. The molecule has 0 radical (unpaired) electrons. The SMILES string of the molecule is COC(=O)CC[C@@H](C)[C@@H]1CC[C@@H]2[C@@H]3CC[C@@H]4[C@H](Br)C(=O)CC[C@]4(C)[C@@H]3C[C@H](OC(C)=O)[C@@]21C. The molecule has 4 rings (SSSR count). The smallest absolute Gasteiger partial charge is 0.305 e. The van der Waals surface area contributed by atoms with E-state index in [1.807, 2.05) is 0 Å². The normalized spacial score (nSPS) is 45.4. The Morgan fingerprint density at radius 1 is 1.12 bits per heavy atom. The van der Waals surface area contributed by atoms with Crippen molar-refractivity contribution in [1.82, 2.24) is 0 Å². The molecule has 0 N–H and O–H groups in total. The van der Waals surface area contributed by atoms with Crippen molar-refractivity contribution in [3.8, 4) is 0 Å². The van der Waals surface area contributed by atoms with Gasteiger partial charge in [0.2, 0.25) is 0 Å². The molecule has 33 heavy (non-hydrogen) atoms. The molecular formula is C27H41BrO5. The number of methoxy groups -OCH3 is 1. The van der Waals surface area contributed by atoms with Gasteiger partial charge in [0, 0.05) is 25.2 Å². The zero-order chi connectivity index (χ0) is 24.1. The maximum Gasteiger partial charge on any atom is 0.305 e. The van der Waals surface area contributed by atoms with Crippen molar-refractivity contribution in [1.29, 1.82) is 0 Å². The van der Waals surface area contributed by atoms with E-state index in [0.29, 0.717) is 54.1 Å². The summed E-state index contributed by atoms with van der Waals surface area (Å²) in [5.41, 5.74) is 0.0448. The van der Waals surface area contributed by atoms with E-state index in [1.54, 1.807) is 0 Å². The predicted octanol–water partition coefficient (Wildman–Crippen LogP) is 5.72. The van der Waals surface area contributed by atoms with Crippen LogP contribution in [0, 0.1) is 46.3 Å². The van der Waals surface area contributed by atoms with E-state index in [2.05, 4.69) is 36.7 Å². The lowest BCUT2D eigenvalue weighted by molar-refractivity contribution is -0.192. The number of rotatable bonds is 5. The van der Waals surface area contributed by atoms with Crippen LogP contribution in [0.3, 0.4) is 0 Å². The number of hydrogen-bond acceptors (Lipinski definition) is 5. The number of Topliss-reactive ketones (excluding diaryl/α,β-unsaturated/α-hetero) is 1. The molecule has 0 aromatic carbocycles. The Bertz CT molecular complexity index is 797. The van der Waals surface area contributed by atoms with E-state index >= 15 is 0 Å². The van der Waals surface area contributed by atoms with Gasteiger partial charge in [0.05, 0.1) is 11.9 Å². The Morgan fingerprint density at radius 3 is 2.48 bits per heavy atom. The van der Waals surface area contributed by atoms with Crippen molar-refractivity contribution in [2.75, 3.05) is 7.11 Å². The number of carbonyl (C=O) groups excluding carboxylic acids is 3.